The number of carbonyl (C=O) groups is 1. The summed E-state index contributed by atoms with van der Waals surface area (Å²) in [5.74, 6) is -1.03. The number of benzene rings is 1. The number of carbonyl (C=O) groups excluding carboxylic acids is 1. The molecular formula is C18H13ClFN5O3. The number of hydrogen-bond acceptors (Lipinski definition) is 7. The Bertz CT molecular complexity index is 1020. The SMILES string of the molecule is COc1ccc(/C=N/NC(=O)c2cccnc2)cc1Oc1nc(Cl)ncc1F. The van der Waals surface area contributed by atoms with Crippen LogP contribution in [0.4, 0.5) is 4.39 Å². The Morgan fingerprint density at radius 1 is 1.29 bits per heavy atom. The predicted molar refractivity (Wildman–Crippen MR) is 99.4 cm³/mol. The van der Waals surface area contributed by atoms with Crippen LogP contribution in [0, 0.1) is 5.82 Å². The maximum atomic E-state index is 13.8. The lowest BCUT2D eigenvalue weighted by atomic mass is 10.2. The summed E-state index contributed by atoms with van der Waals surface area (Å²) in [6, 6.07) is 8.06. The van der Waals surface area contributed by atoms with Gasteiger partial charge in [0.1, 0.15) is 0 Å². The average molecular weight is 402 g/mol. The highest BCUT2D eigenvalue weighted by molar-refractivity contribution is 6.28. The van der Waals surface area contributed by atoms with E-state index in [9.17, 15) is 9.18 Å². The van der Waals surface area contributed by atoms with Crippen molar-refractivity contribution in [2.45, 2.75) is 0 Å². The van der Waals surface area contributed by atoms with E-state index in [1.54, 1.807) is 30.5 Å². The molecule has 10 heteroatoms. The fourth-order valence-corrected chi connectivity index (χ4v) is 2.21. The van der Waals surface area contributed by atoms with Crippen LogP contribution in [0.25, 0.3) is 0 Å². The number of halogens is 2. The Hall–Kier alpha value is -3.59. The molecule has 28 heavy (non-hydrogen) atoms. The van der Waals surface area contributed by atoms with E-state index in [2.05, 4.69) is 25.5 Å². The van der Waals surface area contributed by atoms with Crippen LogP contribution < -0.4 is 14.9 Å². The van der Waals surface area contributed by atoms with Crippen molar-refractivity contribution in [3.05, 3.63) is 71.2 Å². The molecule has 0 spiro atoms. The number of nitrogens with zero attached hydrogens (tertiary/aromatic N) is 4. The monoisotopic (exact) mass is 401 g/mol. The van der Waals surface area contributed by atoms with Crippen LogP contribution in [-0.2, 0) is 0 Å². The first-order valence-corrected chi connectivity index (χ1v) is 8.22. The van der Waals surface area contributed by atoms with E-state index in [-0.39, 0.29) is 16.9 Å². The van der Waals surface area contributed by atoms with Crippen molar-refractivity contribution in [3.63, 3.8) is 0 Å². The van der Waals surface area contributed by atoms with Crippen molar-refractivity contribution < 1.29 is 18.7 Å². The Balaban J connectivity index is 1.77. The molecular weight excluding hydrogens is 389 g/mol. The summed E-state index contributed by atoms with van der Waals surface area (Å²) in [6.07, 6.45) is 5.28. The summed E-state index contributed by atoms with van der Waals surface area (Å²) in [5.41, 5.74) is 3.31. The van der Waals surface area contributed by atoms with Crippen LogP contribution in [0.5, 0.6) is 17.4 Å². The Morgan fingerprint density at radius 3 is 2.89 bits per heavy atom. The highest BCUT2D eigenvalue weighted by Crippen LogP contribution is 2.32. The van der Waals surface area contributed by atoms with Gasteiger partial charge in [-0.25, -0.2) is 10.4 Å². The summed E-state index contributed by atoms with van der Waals surface area (Å²) >= 11 is 5.67. The van der Waals surface area contributed by atoms with Gasteiger partial charge in [0.05, 0.1) is 25.1 Å². The Kier molecular flexibility index (Phi) is 6.07. The van der Waals surface area contributed by atoms with Crippen LogP contribution >= 0.6 is 11.6 Å². The van der Waals surface area contributed by atoms with Gasteiger partial charge in [0.2, 0.25) is 11.1 Å². The van der Waals surface area contributed by atoms with E-state index in [0.29, 0.717) is 16.9 Å². The molecule has 0 atom stereocenters. The molecule has 3 rings (SSSR count). The highest BCUT2D eigenvalue weighted by Gasteiger charge is 2.13. The smallest absolute Gasteiger partial charge is 0.272 e. The zero-order valence-electron chi connectivity index (χ0n) is 14.5. The van der Waals surface area contributed by atoms with Gasteiger partial charge in [0.25, 0.3) is 11.8 Å². The third kappa shape index (κ3) is 4.77. The summed E-state index contributed by atoms with van der Waals surface area (Å²) in [7, 11) is 1.44. The molecule has 3 aromatic rings. The third-order valence-electron chi connectivity index (χ3n) is 3.38. The molecule has 0 radical (unpaired) electrons. The van der Waals surface area contributed by atoms with Gasteiger partial charge in [-0.2, -0.15) is 14.5 Å². The normalized spacial score (nSPS) is 10.7. The Labute approximate surface area is 164 Å². The molecule has 0 unspecified atom stereocenters. The molecule has 1 aromatic carbocycles. The molecule has 2 aromatic heterocycles. The summed E-state index contributed by atoms with van der Waals surface area (Å²) in [4.78, 5) is 23.0. The van der Waals surface area contributed by atoms with Crippen molar-refractivity contribution in [1.29, 1.82) is 0 Å². The molecule has 0 bridgehead atoms. The first-order chi connectivity index (χ1) is 13.6. The van der Waals surface area contributed by atoms with E-state index >= 15 is 0 Å². The number of pyridine rings is 1. The number of nitrogens with one attached hydrogen (secondary N) is 1. The van der Waals surface area contributed by atoms with Crippen LogP contribution in [0.1, 0.15) is 15.9 Å². The van der Waals surface area contributed by atoms with Crippen molar-refractivity contribution in [2.75, 3.05) is 7.11 Å². The molecule has 0 aliphatic heterocycles. The number of ether oxygens (including phenoxy) is 2. The van der Waals surface area contributed by atoms with Gasteiger partial charge in [0.15, 0.2) is 11.5 Å². The van der Waals surface area contributed by atoms with Gasteiger partial charge in [-0.05, 0) is 47.5 Å². The number of methoxy groups -OCH3 is 1. The largest absolute Gasteiger partial charge is 0.493 e. The first kappa shape index (κ1) is 19.2. The van der Waals surface area contributed by atoms with Gasteiger partial charge in [0, 0.05) is 12.4 Å². The first-order valence-electron chi connectivity index (χ1n) is 7.84. The minimum atomic E-state index is -0.783. The summed E-state index contributed by atoms with van der Waals surface area (Å²) in [6.45, 7) is 0. The van der Waals surface area contributed by atoms with Crippen molar-refractivity contribution >= 4 is 23.7 Å². The van der Waals surface area contributed by atoms with Crippen LogP contribution in [0.3, 0.4) is 0 Å². The second-order valence-electron chi connectivity index (χ2n) is 5.25. The average Bonchev–Trinajstić information content (AvgIpc) is 2.71. The fraction of sp³-hybridized carbons (Fsp3) is 0.0556. The standard InChI is InChI=1S/C18H13ClFN5O3/c1-27-14-5-4-11(8-23-25-16(26)12-3-2-6-21-9-12)7-15(14)28-17-13(20)10-22-18(19)24-17/h2-10H,1H3,(H,25,26)/b23-8+. The molecule has 0 saturated carbocycles. The topological polar surface area (TPSA) is 98.6 Å². The van der Waals surface area contributed by atoms with E-state index < -0.39 is 11.7 Å². The number of rotatable bonds is 6. The van der Waals surface area contributed by atoms with Gasteiger partial charge in [-0.1, -0.05) is 0 Å². The van der Waals surface area contributed by atoms with Crippen molar-refractivity contribution in [1.82, 2.24) is 20.4 Å². The van der Waals surface area contributed by atoms with Gasteiger partial charge < -0.3 is 9.47 Å². The molecule has 1 N–H and O–H groups in total. The minimum Gasteiger partial charge on any atom is -0.493 e. The Morgan fingerprint density at radius 2 is 2.14 bits per heavy atom. The maximum Gasteiger partial charge on any atom is 0.272 e. The van der Waals surface area contributed by atoms with Gasteiger partial charge in [-0.15, -0.1) is 0 Å². The molecule has 142 valence electrons. The second-order valence-corrected chi connectivity index (χ2v) is 5.58. The molecule has 0 saturated heterocycles. The van der Waals surface area contributed by atoms with E-state index in [1.807, 2.05) is 0 Å². The number of hydrazone groups is 1. The fourth-order valence-electron chi connectivity index (χ4n) is 2.09. The van der Waals surface area contributed by atoms with E-state index in [4.69, 9.17) is 21.1 Å². The quantitative estimate of drug-likeness (QED) is 0.387. The predicted octanol–water partition coefficient (Wildman–Crippen LogP) is 3.23. The number of hydrogen-bond donors (Lipinski definition) is 1. The van der Waals surface area contributed by atoms with E-state index in [1.165, 1.54) is 25.6 Å². The van der Waals surface area contributed by atoms with Crippen LogP contribution in [0.15, 0.2) is 54.0 Å². The minimum absolute atomic E-state index is 0.161. The zero-order valence-corrected chi connectivity index (χ0v) is 15.2. The zero-order chi connectivity index (χ0) is 19.9. The lowest BCUT2D eigenvalue weighted by Crippen LogP contribution is -2.17. The number of aromatic nitrogens is 3. The molecule has 0 aliphatic carbocycles. The van der Waals surface area contributed by atoms with Crippen molar-refractivity contribution in [2.24, 2.45) is 5.10 Å². The van der Waals surface area contributed by atoms with Crippen molar-refractivity contribution in [3.8, 4) is 17.4 Å². The lowest BCUT2D eigenvalue weighted by molar-refractivity contribution is 0.0955. The van der Waals surface area contributed by atoms with Gasteiger partial charge >= 0.3 is 0 Å². The van der Waals surface area contributed by atoms with Crippen LogP contribution in [-0.4, -0.2) is 34.2 Å². The second kappa shape index (κ2) is 8.87. The van der Waals surface area contributed by atoms with Crippen LogP contribution in [0.2, 0.25) is 5.28 Å². The van der Waals surface area contributed by atoms with Gasteiger partial charge in [-0.3, -0.25) is 9.78 Å². The maximum absolute atomic E-state index is 13.8. The number of amides is 1. The molecule has 2 heterocycles. The molecule has 0 fully saturated rings. The molecule has 0 aliphatic rings. The summed E-state index contributed by atoms with van der Waals surface area (Å²) in [5, 5.41) is 3.72. The highest BCUT2D eigenvalue weighted by atomic mass is 35.5. The molecule has 8 nitrogen and oxygen atoms in total. The third-order valence-corrected chi connectivity index (χ3v) is 3.56. The lowest BCUT2D eigenvalue weighted by Gasteiger charge is -2.10. The summed E-state index contributed by atoms with van der Waals surface area (Å²) < 4.78 is 24.5. The van der Waals surface area contributed by atoms with E-state index in [0.717, 1.165) is 6.20 Å². The molecule has 1 amide bonds.